The average Bonchev–Trinajstić information content (AvgIpc) is 2.77. The van der Waals surface area contributed by atoms with E-state index in [9.17, 15) is 4.79 Å². The molecule has 1 amide bonds. The molecule has 2 heterocycles. The van der Waals surface area contributed by atoms with Crippen molar-refractivity contribution in [2.24, 2.45) is 0 Å². The Morgan fingerprint density at radius 1 is 1.62 bits per heavy atom. The number of nitrogens with zero attached hydrogens (tertiary/aromatic N) is 2. The van der Waals surface area contributed by atoms with E-state index in [-0.39, 0.29) is 18.6 Å². The molecule has 0 spiro atoms. The molecule has 1 aromatic heterocycles. The molecule has 4 nitrogen and oxygen atoms in total. The molecule has 1 aliphatic heterocycles. The highest BCUT2D eigenvalue weighted by Gasteiger charge is 2.28. The molecule has 1 N–H and O–H groups in total. The van der Waals surface area contributed by atoms with Crippen molar-refractivity contribution in [1.29, 1.82) is 0 Å². The van der Waals surface area contributed by atoms with Crippen LogP contribution in [0, 0.1) is 0 Å². The van der Waals surface area contributed by atoms with Gasteiger partial charge >= 0.3 is 0 Å². The van der Waals surface area contributed by atoms with Gasteiger partial charge in [0.25, 0.3) is 5.91 Å². The summed E-state index contributed by atoms with van der Waals surface area (Å²) in [5.41, 5.74) is 0.573. The second-order valence-corrected chi connectivity index (χ2v) is 4.66. The van der Waals surface area contributed by atoms with Gasteiger partial charge in [-0.1, -0.05) is 0 Å². The number of carbonyl (C=O) groups excluding carboxylic acids is 1. The predicted molar refractivity (Wildman–Crippen MR) is 63.1 cm³/mol. The van der Waals surface area contributed by atoms with Gasteiger partial charge in [0.15, 0.2) is 0 Å². The molecule has 16 heavy (non-hydrogen) atoms. The van der Waals surface area contributed by atoms with Crippen molar-refractivity contribution < 1.29 is 9.90 Å². The molecule has 1 aromatic rings. The number of hydrogen-bond donors (Lipinski definition) is 1. The topological polar surface area (TPSA) is 53.4 Å². The van der Waals surface area contributed by atoms with Gasteiger partial charge in [0.2, 0.25) is 0 Å². The van der Waals surface area contributed by atoms with Crippen LogP contribution in [0.1, 0.15) is 23.2 Å². The number of hydrogen-bond acceptors (Lipinski definition) is 3. The largest absolute Gasteiger partial charge is 0.394 e. The Balaban J connectivity index is 2.15. The van der Waals surface area contributed by atoms with Crippen LogP contribution < -0.4 is 0 Å². The third-order valence-electron chi connectivity index (χ3n) is 2.82. The van der Waals surface area contributed by atoms with Crippen LogP contribution in [0.3, 0.4) is 0 Å². The molecule has 0 bridgehead atoms. The van der Waals surface area contributed by atoms with Crippen molar-refractivity contribution in [2.45, 2.75) is 18.9 Å². The summed E-state index contributed by atoms with van der Waals surface area (Å²) in [5, 5.41) is 9.16. The number of pyridine rings is 1. The first kappa shape index (κ1) is 11.5. The van der Waals surface area contributed by atoms with Crippen molar-refractivity contribution in [3.63, 3.8) is 0 Å². The molecule has 1 unspecified atom stereocenters. The van der Waals surface area contributed by atoms with E-state index >= 15 is 0 Å². The molecule has 1 fully saturated rings. The highest BCUT2D eigenvalue weighted by atomic mass is 79.9. The molecule has 2 rings (SSSR count). The SMILES string of the molecule is O=C(c1ccc(Br)nc1)N1CCCC1CO. The summed E-state index contributed by atoms with van der Waals surface area (Å²) in [4.78, 5) is 17.8. The van der Waals surface area contributed by atoms with Crippen LogP contribution in [0.5, 0.6) is 0 Å². The average molecular weight is 285 g/mol. The van der Waals surface area contributed by atoms with Crippen molar-refractivity contribution in [3.05, 3.63) is 28.5 Å². The fraction of sp³-hybridized carbons (Fsp3) is 0.455. The molecule has 86 valence electrons. The number of rotatable bonds is 2. The van der Waals surface area contributed by atoms with Gasteiger partial charge in [-0.15, -0.1) is 0 Å². The summed E-state index contributed by atoms with van der Waals surface area (Å²) in [6, 6.07) is 3.46. The Kier molecular flexibility index (Phi) is 3.56. The van der Waals surface area contributed by atoms with Crippen LogP contribution in [-0.4, -0.2) is 40.1 Å². The lowest BCUT2D eigenvalue weighted by atomic mass is 10.2. The summed E-state index contributed by atoms with van der Waals surface area (Å²) >= 11 is 3.23. The van der Waals surface area contributed by atoms with Gasteiger partial charge < -0.3 is 10.0 Å². The van der Waals surface area contributed by atoms with E-state index in [0.717, 1.165) is 19.4 Å². The van der Waals surface area contributed by atoms with Crippen LogP contribution in [0.2, 0.25) is 0 Å². The molecule has 1 saturated heterocycles. The summed E-state index contributed by atoms with van der Waals surface area (Å²) in [6.45, 7) is 0.760. The molecule has 5 heteroatoms. The Hall–Kier alpha value is -0.940. The minimum absolute atomic E-state index is 0.0313. The summed E-state index contributed by atoms with van der Waals surface area (Å²) in [7, 11) is 0. The lowest BCUT2D eigenvalue weighted by Gasteiger charge is -2.22. The number of aliphatic hydroxyl groups is 1. The van der Waals surface area contributed by atoms with E-state index in [0.29, 0.717) is 10.2 Å². The molecule has 1 aliphatic rings. The zero-order valence-corrected chi connectivity index (χ0v) is 10.4. The Bertz CT molecular complexity index is 380. The molecular formula is C11H13BrN2O2. The minimum Gasteiger partial charge on any atom is -0.394 e. The van der Waals surface area contributed by atoms with Crippen molar-refractivity contribution >= 4 is 21.8 Å². The summed E-state index contributed by atoms with van der Waals surface area (Å²) < 4.78 is 0.712. The third-order valence-corrected chi connectivity index (χ3v) is 3.29. The standard InChI is InChI=1S/C11H13BrN2O2/c12-10-4-3-8(6-13-10)11(16)14-5-1-2-9(14)7-15/h3-4,6,9,15H,1-2,5,7H2. The quantitative estimate of drug-likeness (QED) is 0.837. The lowest BCUT2D eigenvalue weighted by Crippen LogP contribution is -2.37. The van der Waals surface area contributed by atoms with Gasteiger partial charge in [-0.3, -0.25) is 4.79 Å². The van der Waals surface area contributed by atoms with E-state index in [4.69, 9.17) is 5.11 Å². The van der Waals surface area contributed by atoms with E-state index in [1.165, 1.54) is 0 Å². The van der Waals surface area contributed by atoms with Gasteiger partial charge in [-0.2, -0.15) is 0 Å². The van der Waals surface area contributed by atoms with Crippen molar-refractivity contribution in [2.75, 3.05) is 13.2 Å². The van der Waals surface area contributed by atoms with E-state index in [2.05, 4.69) is 20.9 Å². The highest BCUT2D eigenvalue weighted by Crippen LogP contribution is 2.19. The van der Waals surface area contributed by atoms with Gasteiger partial charge in [0, 0.05) is 12.7 Å². The monoisotopic (exact) mass is 284 g/mol. The number of amides is 1. The predicted octanol–water partition coefficient (Wildman–Crippen LogP) is 1.44. The fourth-order valence-electron chi connectivity index (χ4n) is 1.96. The lowest BCUT2D eigenvalue weighted by molar-refractivity contribution is 0.0677. The van der Waals surface area contributed by atoms with Gasteiger partial charge in [-0.05, 0) is 40.9 Å². The molecule has 0 saturated carbocycles. The van der Waals surface area contributed by atoms with Gasteiger partial charge in [0.05, 0.1) is 18.2 Å². The van der Waals surface area contributed by atoms with Crippen LogP contribution in [0.4, 0.5) is 0 Å². The maximum atomic E-state index is 12.1. The van der Waals surface area contributed by atoms with Crippen LogP contribution in [0.15, 0.2) is 22.9 Å². The maximum Gasteiger partial charge on any atom is 0.255 e. The van der Waals surface area contributed by atoms with E-state index < -0.39 is 0 Å². The number of aliphatic hydroxyl groups excluding tert-OH is 1. The Morgan fingerprint density at radius 2 is 2.44 bits per heavy atom. The van der Waals surface area contributed by atoms with Crippen LogP contribution >= 0.6 is 15.9 Å². The zero-order chi connectivity index (χ0) is 11.5. The molecule has 0 aromatic carbocycles. The highest BCUT2D eigenvalue weighted by molar-refractivity contribution is 9.10. The van der Waals surface area contributed by atoms with Gasteiger partial charge in [-0.25, -0.2) is 4.98 Å². The first-order valence-electron chi connectivity index (χ1n) is 5.26. The number of aromatic nitrogens is 1. The molecular weight excluding hydrogens is 272 g/mol. The van der Waals surface area contributed by atoms with E-state index in [1.54, 1.807) is 23.2 Å². The van der Waals surface area contributed by atoms with Crippen molar-refractivity contribution in [3.8, 4) is 0 Å². The molecule has 0 radical (unpaired) electrons. The van der Waals surface area contributed by atoms with Gasteiger partial charge in [0.1, 0.15) is 4.60 Å². The second-order valence-electron chi connectivity index (χ2n) is 3.85. The molecule has 1 atom stereocenters. The van der Waals surface area contributed by atoms with Crippen LogP contribution in [-0.2, 0) is 0 Å². The Morgan fingerprint density at radius 3 is 3.06 bits per heavy atom. The number of halogens is 1. The number of carbonyl (C=O) groups is 1. The summed E-state index contributed by atoms with van der Waals surface area (Å²) in [5.74, 6) is -0.0449. The maximum absolute atomic E-state index is 12.1. The minimum atomic E-state index is -0.0449. The fourth-order valence-corrected chi connectivity index (χ4v) is 2.20. The molecule has 0 aliphatic carbocycles. The zero-order valence-electron chi connectivity index (χ0n) is 8.77. The Labute approximate surface area is 102 Å². The smallest absolute Gasteiger partial charge is 0.255 e. The third kappa shape index (κ3) is 2.25. The first-order valence-corrected chi connectivity index (χ1v) is 6.05. The van der Waals surface area contributed by atoms with Crippen molar-refractivity contribution in [1.82, 2.24) is 9.88 Å². The summed E-state index contributed by atoms with van der Waals surface area (Å²) in [6.07, 6.45) is 3.40. The number of likely N-dealkylation sites (tertiary alicyclic amines) is 1. The van der Waals surface area contributed by atoms with E-state index in [1.807, 2.05) is 0 Å². The normalized spacial score (nSPS) is 20.1. The second kappa shape index (κ2) is 4.93. The first-order chi connectivity index (χ1) is 7.72. The van der Waals surface area contributed by atoms with Crippen LogP contribution in [0.25, 0.3) is 0 Å².